The SMILES string of the molecule is COCc1cc(N2CCN(c3ncccc3C(N)=O)CC2)ncn1. The van der Waals surface area contributed by atoms with Crippen molar-refractivity contribution in [1.82, 2.24) is 15.0 Å². The summed E-state index contributed by atoms with van der Waals surface area (Å²) in [5.41, 5.74) is 6.75. The summed E-state index contributed by atoms with van der Waals surface area (Å²) in [6.07, 6.45) is 3.23. The van der Waals surface area contributed by atoms with E-state index in [2.05, 4.69) is 24.8 Å². The second kappa shape index (κ2) is 7.22. The first-order valence-electron chi connectivity index (χ1n) is 7.73. The Balaban J connectivity index is 1.70. The topological polar surface area (TPSA) is 97.5 Å². The van der Waals surface area contributed by atoms with Crippen molar-refractivity contribution in [2.75, 3.05) is 43.1 Å². The zero-order valence-electron chi connectivity index (χ0n) is 13.6. The summed E-state index contributed by atoms with van der Waals surface area (Å²) in [6, 6.07) is 5.37. The first kappa shape index (κ1) is 16.1. The molecular formula is C16H20N6O2. The number of hydrogen-bond acceptors (Lipinski definition) is 7. The number of primary amides is 1. The van der Waals surface area contributed by atoms with E-state index in [4.69, 9.17) is 10.5 Å². The van der Waals surface area contributed by atoms with Gasteiger partial charge in [-0.3, -0.25) is 4.79 Å². The number of pyridine rings is 1. The smallest absolute Gasteiger partial charge is 0.252 e. The maximum atomic E-state index is 11.6. The van der Waals surface area contributed by atoms with Crippen molar-refractivity contribution < 1.29 is 9.53 Å². The molecule has 2 aromatic rings. The summed E-state index contributed by atoms with van der Waals surface area (Å²) in [4.78, 5) is 28.7. The van der Waals surface area contributed by atoms with Crippen molar-refractivity contribution in [3.05, 3.63) is 42.0 Å². The van der Waals surface area contributed by atoms with Gasteiger partial charge in [-0.25, -0.2) is 15.0 Å². The van der Waals surface area contributed by atoms with Crippen molar-refractivity contribution in [1.29, 1.82) is 0 Å². The number of amides is 1. The van der Waals surface area contributed by atoms with Crippen LogP contribution >= 0.6 is 0 Å². The van der Waals surface area contributed by atoms with E-state index in [0.29, 0.717) is 18.0 Å². The lowest BCUT2D eigenvalue weighted by Crippen LogP contribution is -2.47. The standard InChI is InChI=1S/C16H20N6O2/c1-24-10-12-9-14(20-11-19-12)21-5-7-22(8-6-21)16-13(15(17)23)3-2-4-18-16/h2-4,9,11H,5-8,10H2,1H3,(H2,17,23). The van der Waals surface area contributed by atoms with Crippen LogP contribution in [0.1, 0.15) is 16.1 Å². The molecule has 8 nitrogen and oxygen atoms in total. The van der Waals surface area contributed by atoms with Gasteiger partial charge in [-0.15, -0.1) is 0 Å². The number of piperazine rings is 1. The third-order valence-electron chi connectivity index (χ3n) is 3.96. The van der Waals surface area contributed by atoms with Crippen molar-refractivity contribution in [3.63, 3.8) is 0 Å². The predicted molar refractivity (Wildman–Crippen MR) is 89.9 cm³/mol. The molecule has 0 spiro atoms. The van der Waals surface area contributed by atoms with Gasteiger partial charge in [-0.05, 0) is 12.1 Å². The molecule has 1 saturated heterocycles. The highest BCUT2D eigenvalue weighted by molar-refractivity contribution is 5.97. The molecule has 24 heavy (non-hydrogen) atoms. The predicted octanol–water partition coefficient (Wildman–Crippen LogP) is 0.444. The molecular weight excluding hydrogens is 308 g/mol. The molecule has 0 radical (unpaired) electrons. The van der Waals surface area contributed by atoms with E-state index in [-0.39, 0.29) is 0 Å². The number of aromatic nitrogens is 3. The highest BCUT2D eigenvalue weighted by Crippen LogP contribution is 2.20. The highest BCUT2D eigenvalue weighted by atomic mass is 16.5. The Labute approximate surface area is 140 Å². The fraction of sp³-hybridized carbons (Fsp3) is 0.375. The number of carbonyl (C=O) groups excluding carboxylic acids is 1. The number of carbonyl (C=O) groups is 1. The highest BCUT2D eigenvalue weighted by Gasteiger charge is 2.22. The molecule has 0 aromatic carbocycles. The van der Waals surface area contributed by atoms with Gasteiger partial charge in [-0.2, -0.15) is 0 Å². The molecule has 0 saturated carbocycles. The molecule has 2 aromatic heterocycles. The summed E-state index contributed by atoms with van der Waals surface area (Å²) in [5, 5.41) is 0. The second-order valence-electron chi connectivity index (χ2n) is 5.51. The second-order valence-corrected chi connectivity index (χ2v) is 5.51. The van der Waals surface area contributed by atoms with Gasteiger partial charge in [0.2, 0.25) is 0 Å². The molecule has 1 aliphatic rings. The Morgan fingerprint density at radius 1 is 1.21 bits per heavy atom. The zero-order chi connectivity index (χ0) is 16.9. The molecule has 2 N–H and O–H groups in total. The molecule has 126 valence electrons. The molecule has 3 rings (SSSR count). The summed E-state index contributed by atoms with van der Waals surface area (Å²) >= 11 is 0. The Morgan fingerprint density at radius 3 is 2.67 bits per heavy atom. The van der Waals surface area contributed by atoms with Gasteiger partial charge in [0, 0.05) is 45.6 Å². The molecule has 0 bridgehead atoms. The van der Waals surface area contributed by atoms with Crippen LogP contribution in [0, 0.1) is 0 Å². The van der Waals surface area contributed by atoms with Gasteiger partial charge in [0.25, 0.3) is 5.91 Å². The Hall–Kier alpha value is -2.74. The Kier molecular flexibility index (Phi) is 4.85. The molecule has 1 fully saturated rings. The average molecular weight is 328 g/mol. The summed E-state index contributed by atoms with van der Waals surface area (Å²) in [5.74, 6) is 1.07. The van der Waals surface area contributed by atoms with Crippen LogP contribution in [0.25, 0.3) is 0 Å². The minimum atomic E-state index is -0.458. The molecule has 0 aliphatic carbocycles. The van der Waals surface area contributed by atoms with E-state index < -0.39 is 5.91 Å². The van der Waals surface area contributed by atoms with Crippen LogP contribution in [0.4, 0.5) is 11.6 Å². The van der Waals surface area contributed by atoms with E-state index in [0.717, 1.165) is 37.7 Å². The lowest BCUT2D eigenvalue weighted by atomic mass is 10.2. The van der Waals surface area contributed by atoms with Gasteiger partial charge < -0.3 is 20.3 Å². The lowest BCUT2D eigenvalue weighted by Gasteiger charge is -2.36. The van der Waals surface area contributed by atoms with Crippen LogP contribution in [0.3, 0.4) is 0 Å². The minimum Gasteiger partial charge on any atom is -0.378 e. The molecule has 0 atom stereocenters. The minimum absolute atomic E-state index is 0.454. The third kappa shape index (κ3) is 3.43. The van der Waals surface area contributed by atoms with Crippen LogP contribution < -0.4 is 15.5 Å². The number of nitrogens with zero attached hydrogens (tertiary/aromatic N) is 5. The van der Waals surface area contributed by atoms with Crippen LogP contribution in [0.5, 0.6) is 0 Å². The third-order valence-corrected chi connectivity index (χ3v) is 3.96. The molecule has 8 heteroatoms. The quantitative estimate of drug-likeness (QED) is 0.850. The summed E-state index contributed by atoms with van der Waals surface area (Å²) < 4.78 is 5.11. The van der Waals surface area contributed by atoms with Gasteiger partial charge in [0.15, 0.2) is 0 Å². The van der Waals surface area contributed by atoms with Crippen LogP contribution in [0.15, 0.2) is 30.7 Å². The number of hydrogen-bond donors (Lipinski definition) is 1. The Morgan fingerprint density at radius 2 is 1.96 bits per heavy atom. The maximum absolute atomic E-state index is 11.6. The number of methoxy groups -OCH3 is 1. The molecule has 1 aliphatic heterocycles. The van der Waals surface area contributed by atoms with Crippen LogP contribution in [-0.4, -0.2) is 54.1 Å². The van der Waals surface area contributed by atoms with Crippen molar-refractivity contribution >= 4 is 17.5 Å². The largest absolute Gasteiger partial charge is 0.378 e. The van der Waals surface area contributed by atoms with Gasteiger partial charge >= 0.3 is 0 Å². The monoisotopic (exact) mass is 328 g/mol. The number of nitrogens with two attached hydrogens (primary N) is 1. The van der Waals surface area contributed by atoms with Crippen molar-refractivity contribution in [2.45, 2.75) is 6.61 Å². The zero-order valence-corrected chi connectivity index (χ0v) is 13.6. The van der Waals surface area contributed by atoms with Crippen LogP contribution in [0.2, 0.25) is 0 Å². The van der Waals surface area contributed by atoms with Crippen molar-refractivity contribution in [2.24, 2.45) is 5.73 Å². The summed E-state index contributed by atoms with van der Waals surface area (Å²) in [7, 11) is 1.64. The fourth-order valence-electron chi connectivity index (χ4n) is 2.77. The fourth-order valence-corrected chi connectivity index (χ4v) is 2.77. The number of anilines is 2. The van der Waals surface area contributed by atoms with Crippen LogP contribution in [-0.2, 0) is 11.3 Å². The maximum Gasteiger partial charge on any atom is 0.252 e. The van der Waals surface area contributed by atoms with E-state index in [1.165, 1.54) is 0 Å². The van der Waals surface area contributed by atoms with E-state index in [1.807, 2.05) is 6.07 Å². The summed E-state index contributed by atoms with van der Waals surface area (Å²) in [6.45, 7) is 3.49. The Bertz CT molecular complexity index is 715. The molecule has 1 amide bonds. The first-order valence-corrected chi connectivity index (χ1v) is 7.73. The normalized spacial score (nSPS) is 14.7. The first-order chi connectivity index (χ1) is 11.7. The molecule has 3 heterocycles. The molecule has 0 unspecified atom stereocenters. The van der Waals surface area contributed by atoms with Gasteiger partial charge in [-0.1, -0.05) is 0 Å². The van der Waals surface area contributed by atoms with E-state index in [1.54, 1.807) is 31.8 Å². The van der Waals surface area contributed by atoms with E-state index >= 15 is 0 Å². The van der Waals surface area contributed by atoms with Gasteiger partial charge in [0.05, 0.1) is 17.9 Å². The number of ether oxygens (including phenoxy) is 1. The lowest BCUT2D eigenvalue weighted by molar-refractivity contribution is 0.100. The van der Waals surface area contributed by atoms with Gasteiger partial charge in [0.1, 0.15) is 18.0 Å². The van der Waals surface area contributed by atoms with Crippen molar-refractivity contribution in [3.8, 4) is 0 Å². The average Bonchev–Trinajstić information content (AvgIpc) is 2.62. The number of rotatable bonds is 5. The van der Waals surface area contributed by atoms with E-state index in [9.17, 15) is 4.79 Å².